The van der Waals surface area contributed by atoms with Gasteiger partial charge in [-0.1, -0.05) is 12.6 Å². The van der Waals surface area contributed by atoms with E-state index in [1.807, 2.05) is 6.07 Å². The average Bonchev–Trinajstić information content (AvgIpc) is 3.32. The van der Waals surface area contributed by atoms with Gasteiger partial charge in [0.2, 0.25) is 0 Å². The van der Waals surface area contributed by atoms with Gasteiger partial charge in [-0.2, -0.15) is 0 Å². The highest BCUT2D eigenvalue weighted by Gasteiger charge is 2.71. The molecule has 2 saturated carbocycles. The van der Waals surface area contributed by atoms with E-state index in [1.54, 1.807) is 6.07 Å². The summed E-state index contributed by atoms with van der Waals surface area (Å²) in [6.45, 7) is 6.40. The first kappa shape index (κ1) is 14.6. The van der Waals surface area contributed by atoms with Crippen LogP contribution in [0.15, 0.2) is 24.3 Å². The van der Waals surface area contributed by atoms with Gasteiger partial charge >= 0.3 is 0 Å². The van der Waals surface area contributed by atoms with Gasteiger partial charge in [-0.05, 0) is 68.2 Å². The van der Waals surface area contributed by atoms with Crippen LogP contribution in [0.2, 0.25) is 0 Å². The molecule has 4 heteroatoms. The molecule has 0 radical (unpaired) electrons. The lowest BCUT2D eigenvalue weighted by Gasteiger charge is -2.63. The fraction of sp³-hybridized carbons (Fsp3) is 0.619. The van der Waals surface area contributed by atoms with Gasteiger partial charge in [0, 0.05) is 18.2 Å². The van der Waals surface area contributed by atoms with Crippen LogP contribution in [0, 0.1) is 5.92 Å². The third-order valence-electron chi connectivity index (χ3n) is 7.71. The summed E-state index contributed by atoms with van der Waals surface area (Å²) >= 11 is 0. The number of benzene rings is 1. The van der Waals surface area contributed by atoms with Crippen molar-refractivity contribution in [3.63, 3.8) is 0 Å². The number of rotatable bonds is 2. The van der Waals surface area contributed by atoms with E-state index in [4.69, 9.17) is 4.74 Å². The van der Waals surface area contributed by atoms with E-state index < -0.39 is 11.0 Å². The molecule has 0 amide bonds. The van der Waals surface area contributed by atoms with Gasteiger partial charge < -0.3 is 14.9 Å². The number of ether oxygens (including phenoxy) is 1. The molecule has 4 atom stereocenters. The number of aromatic hydroxyl groups is 1. The summed E-state index contributed by atoms with van der Waals surface area (Å²) in [4.78, 5) is 2.56. The minimum atomic E-state index is -0.780. The number of nitrogens with zero attached hydrogens (tertiary/aromatic N) is 1. The molecular weight excluding hydrogens is 314 g/mol. The molecule has 2 aliphatic heterocycles. The number of phenolic OH excluding ortho intramolecular Hbond substituents is 1. The van der Waals surface area contributed by atoms with Crippen LogP contribution in [0.4, 0.5) is 0 Å². The molecule has 4 nitrogen and oxygen atoms in total. The monoisotopic (exact) mass is 339 g/mol. The number of hydrogen-bond acceptors (Lipinski definition) is 4. The lowest BCUT2D eigenvalue weighted by molar-refractivity contribution is -0.174. The zero-order chi connectivity index (χ0) is 17.0. The summed E-state index contributed by atoms with van der Waals surface area (Å²) in [5.41, 5.74) is 2.21. The normalized spacial score (nSPS) is 41.4. The molecule has 1 spiro atoms. The SMILES string of the molecule is C=C1CCC2(O)[C@H]3Cc4ccc(O)c5c4[C@@]2(CCN3CC2CC2)C1O5. The third kappa shape index (κ3) is 1.57. The summed E-state index contributed by atoms with van der Waals surface area (Å²) in [6, 6.07) is 3.96. The Morgan fingerprint density at radius 1 is 1.28 bits per heavy atom. The van der Waals surface area contributed by atoms with Crippen LogP contribution in [0.1, 0.15) is 43.2 Å². The van der Waals surface area contributed by atoms with E-state index in [9.17, 15) is 10.2 Å². The van der Waals surface area contributed by atoms with Crippen molar-refractivity contribution < 1.29 is 14.9 Å². The second kappa shape index (κ2) is 4.41. The van der Waals surface area contributed by atoms with Gasteiger partial charge in [-0.15, -0.1) is 0 Å². The number of aliphatic hydroxyl groups is 1. The van der Waals surface area contributed by atoms with Crippen molar-refractivity contribution in [1.82, 2.24) is 4.90 Å². The van der Waals surface area contributed by atoms with E-state index in [0.717, 1.165) is 55.8 Å². The van der Waals surface area contributed by atoms with Crippen molar-refractivity contribution in [1.29, 1.82) is 0 Å². The topological polar surface area (TPSA) is 52.9 Å². The maximum atomic E-state index is 12.1. The summed E-state index contributed by atoms with van der Waals surface area (Å²) < 4.78 is 6.29. The minimum absolute atomic E-state index is 0.157. The van der Waals surface area contributed by atoms with Gasteiger partial charge in [0.25, 0.3) is 0 Å². The predicted molar refractivity (Wildman–Crippen MR) is 93.9 cm³/mol. The first-order chi connectivity index (χ1) is 12.0. The Kier molecular flexibility index (Phi) is 2.58. The van der Waals surface area contributed by atoms with E-state index in [1.165, 1.54) is 18.4 Å². The second-order valence-electron chi connectivity index (χ2n) is 8.91. The Hall–Kier alpha value is -1.52. The van der Waals surface area contributed by atoms with Crippen LogP contribution < -0.4 is 4.74 Å². The molecule has 3 aliphatic carbocycles. The van der Waals surface area contributed by atoms with Crippen molar-refractivity contribution in [2.45, 2.75) is 61.7 Å². The molecule has 1 aromatic carbocycles. The number of likely N-dealkylation sites (tertiary alicyclic amines) is 1. The highest BCUT2D eigenvalue weighted by Crippen LogP contribution is 2.66. The third-order valence-corrected chi connectivity index (χ3v) is 7.71. The zero-order valence-electron chi connectivity index (χ0n) is 14.5. The van der Waals surface area contributed by atoms with Gasteiger partial charge in [0.15, 0.2) is 11.5 Å². The van der Waals surface area contributed by atoms with Crippen molar-refractivity contribution in [2.75, 3.05) is 13.1 Å². The Bertz CT molecular complexity index is 801. The minimum Gasteiger partial charge on any atom is -0.504 e. The Morgan fingerprint density at radius 2 is 2.12 bits per heavy atom. The van der Waals surface area contributed by atoms with E-state index in [2.05, 4.69) is 11.5 Å². The molecule has 1 aromatic rings. The Balaban J connectivity index is 1.58. The van der Waals surface area contributed by atoms with Crippen LogP contribution in [-0.2, 0) is 11.8 Å². The van der Waals surface area contributed by atoms with Crippen molar-refractivity contribution in [3.8, 4) is 11.5 Å². The van der Waals surface area contributed by atoms with Crippen LogP contribution in [0.3, 0.4) is 0 Å². The van der Waals surface area contributed by atoms with Gasteiger partial charge in [0.1, 0.15) is 6.10 Å². The van der Waals surface area contributed by atoms with E-state index in [0.29, 0.717) is 5.75 Å². The largest absolute Gasteiger partial charge is 0.504 e. The molecule has 0 aromatic heterocycles. The number of hydrogen-bond donors (Lipinski definition) is 2. The summed E-state index contributed by atoms with van der Waals surface area (Å²) in [5.74, 6) is 1.64. The van der Waals surface area contributed by atoms with E-state index >= 15 is 0 Å². The lowest BCUT2D eigenvalue weighted by Crippen LogP contribution is -2.75. The molecule has 6 rings (SSSR count). The van der Waals surface area contributed by atoms with Crippen LogP contribution in [0.5, 0.6) is 11.5 Å². The summed E-state index contributed by atoms with van der Waals surface area (Å²) in [7, 11) is 0. The molecule has 2 unspecified atom stereocenters. The molecule has 132 valence electrons. The molecule has 2 bridgehead atoms. The van der Waals surface area contributed by atoms with Crippen LogP contribution in [0.25, 0.3) is 0 Å². The predicted octanol–water partition coefficient (Wildman–Crippen LogP) is 2.51. The first-order valence-corrected chi connectivity index (χ1v) is 9.71. The molecule has 2 heterocycles. The maximum absolute atomic E-state index is 12.1. The molecule has 2 N–H and O–H groups in total. The molecule has 5 aliphatic rings. The number of piperidine rings is 1. The Labute approximate surface area is 148 Å². The average molecular weight is 339 g/mol. The quantitative estimate of drug-likeness (QED) is 0.813. The van der Waals surface area contributed by atoms with Gasteiger partial charge in [-0.25, -0.2) is 0 Å². The standard InChI is InChI=1S/C21H25NO3/c1-12-6-7-21(24)16-10-14-4-5-15(23)18-17(14)20(21,19(12)25-18)8-9-22(16)11-13-2-3-13/h4-5,13,16,19,23-24H,1-3,6-11H2/t16-,19?,20+,21?/m1/s1. The molecule has 25 heavy (non-hydrogen) atoms. The highest BCUT2D eigenvalue weighted by atomic mass is 16.5. The molecule has 3 fully saturated rings. The zero-order valence-corrected chi connectivity index (χ0v) is 14.5. The summed E-state index contributed by atoms with van der Waals surface area (Å²) in [6.07, 6.45) is 5.79. The lowest BCUT2D eigenvalue weighted by atomic mass is 9.48. The van der Waals surface area contributed by atoms with Crippen molar-refractivity contribution >= 4 is 0 Å². The highest BCUT2D eigenvalue weighted by molar-refractivity contribution is 5.63. The van der Waals surface area contributed by atoms with Crippen LogP contribution >= 0.6 is 0 Å². The molecular formula is C21H25NO3. The van der Waals surface area contributed by atoms with Crippen LogP contribution in [-0.4, -0.2) is 45.9 Å². The number of phenols is 1. The fourth-order valence-electron chi connectivity index (χ4n) is 6.39. The van der Waals surface area contributed by atoms with E-state index in [-0.39, 0.29) is 17.9 Å². The second-order valence-corrected chi connectivity index (χ2v) is 8.91. The summed E-state index contributed by atoms with van der Waals surface area (Å²) in [5, 5.41) is 22.5. The van der Waals surface area contributed by atoms with Crippen molar-refractivity contribution in [3.05, 3.63) is 35.4 Å². The Morgan fingerprint density at radius 3 is 2.92 bits per heavy atom. The van der Waals surface area contributed by atoms with Crippen molar-refractivity contribution in [2.24, 2.45) is 5.92 Å². The maximum Gasteiger partial charge on any atom is 0.166 e. The molecule has 1 saturated heterocycles. The fourth-order valence-corrected chi connectivity index (χ4v) is 6.39. The first-order valence-electron chi connectivity index (χ1n) is 9.71. The van der Waals surface area contributed by atoms with Gasteiger partial charge in [0.05, 0.1) is 11.0 Å². The van der Waals surface area contributed by atoms with Gasteiger partial charge in [-0.3, -0.25) is 4.90 Å². The smallest absolute Gasteiger partial charge is 0.166 e.